The van der Waals surface area contributed by atoms with Gasteiger partial charge in [0.2, 0.25) is 5.91 Å². The van der Waals surface area contributed by atoms with E-state index in [0.29, 0.717) is 25.7 Å². The van der Waals surface area contributed by atoms with Gasteiger partial charge in [-0.05, 0) is 0 Å². The zero-order valence-corrected chi connectivity index (χ0v) is 9.90. The maximum Gasteiger partial charge on any atom is 0.236 e. The summed E-state index contributed by atoms with van der Waals surface area (Å²) in [5.41, 5.74) is 0. The van der Waals surface area contributed by atoms with Crippen molar-refractivity contribution in [1.29, 1.82) is 5.26 Å². The van der Waals surface area contributed by atoms with Crippen LogP contribution in [0.2, 0.25) is 0 Å². The summed E-state index contributed by atoms with van der Waals surface area (Å²) in [6, 6.07) is 2.29. The van der Waals surface area contributed by atoms with Gasteiger partial charge in [-0.25, -0.2) is 0 Å². The van der Waals surface area contributed by atoms with Gasteiger partial charge in [-0.1, -0.05) is 13.8 Å². The lowest BCUT2D eigenvalue weighted by Crippen LogP contribution is -2.49. The number of nitrogens with one attached hydrogen (secondary N) is 1. The maximum atomic E-state index is 11.5. The number of carbonyl (C=O) groups excluding carboxylic acids is 1. The third kappa shape index (κ3) is 4.17. The zero-order chi connectivity index (χ0) is 12.0. The second kappa shape index (κ2) is 6.46. The average Bonchev–Trinajstić information content (AvgIpc) is 2.27. The summed E-state index contributed by atoms with van der Waals surface area (Å²) in [5.74, 6) is -0.0969. The van der Waals surface area contributed by atoms with Crippen molar-refractivity contribution >= 4 is 5.91 Å². The molecule has 0 spiro atoms. The summed E-state index contributed by atoms with van der Waals surface area (Å²) in [6.07, 6.45) is 0.00318. The van der Waals surface area contributed by atoms with E-state index >= 15 is 0 Å². The molecule has 1 saturated heterocycles. The first-order chi connectivity index (χ1) is 7.63. The van der Waals surface area contributed by atoms with Gasteiger partial charge in [0, 0.05) is 25.7 Å². The minimum Gasteiger partial charge on any atom is -0.373 e. The van der Waals surface area contributed by atoms with Gasteiger partial charge < -0.3 is 15.0 Å². The Morgan fingerprint density at radius 1 is 1.69 bits per heavy atom. The molecule has 0 aliphatic carbocycles. The maximum absolute atomic E-state index is 11.5. The number of hydrogen-bond donors (Lipinski definition) is 1. The van der Waals surface area contributed by atoms with E-state index in [1.54, 1.807) is 4.90 Å². The van der Waals surface area contributed by atoms with Crippen molar-refractivity contribution in [2.75, 3.05) is 26.2 Å². The lowest BCUT2D eigenvalue weighted by atomic mass is 10.2. The van der Waals surface area contributed by atoms with Crippen molar-refractivity contribution in [2.24, 2.45) is 0 Å². The van der Waals surface area contributed by atoms with Crippen LogP contribution >= 0.6 is 0 Å². The van der Waals surface area contributed by atoms with Gasteiger partial charge in [0.25, 0.3) is 0 Å². The molecule has 1 amide bonds. The summed E-state index contributed by atoms with van der Waals surface area (Å²) < 4.78 is 5.55. The van der Waals surface area contributed by atoms with E-state index in [0.717, 1.165) is 6.54 Å². The van der Waals surface area contributed by atoms with Gasteiger partial charge in [0.15, 0.2) is 0 Å². The molecule has 5 heteroatoms. The van der Waals surface area contributed by atoms with E-state index in [1.165, 1.54) is 0 Å². The van der Waals surface area contributed by atoms with E-state index in [2.05, 4.69) is 19.2 Å². The highest BCUT2D eigenvalue weighted by atomic mass is 16.5. The topological polar surface area (TPSA) is 65.4 Å². The van der Waals surface area contributed by atoms with Crippen LogP contribution in [0.4, 0.5) is 0 Å². The fourth-order valence-electron chi connectivity index (χ4n) is 1.62. The minimum atomic E-state index is -0.0969. The molecule has 0 radical (unpaired) electrons. The normalized spacial score (nSPS) is 20.9. The molecule has 1 aliphatic rings. The fourth-order valence-corrected chi connectivity index (χ4v) is 1.62. The molecule has 1 N–H and O–H groups in total. The summed E-state index contributed by atoms with van der Waals surface area (Å²) in [5, 5.41) is 11.7. The third-order valence-electron chi connectivity index (χ3n) is 2.48. The van der Waals surface area contributed by atoms with Crippen molar-refractivity contribution < 1.29 is 9.53 Å². The Kier molecular flexibility index (Phi) is 5.23. The van der Waals surface area contributed by atoms with Crippen LogP contribution in [-0.4, -0.2) is 49.2 Å². The summed E-state index contributed by atoms with van der Waals surface area (Å²) in [4.78, 5) is 13.2. The van der Waals surface area contributed by atoms with Gasteiger partial charge >= 0.3 is 0 Å². The number of nitriles is 1. The minimum absolute atomic E-state index is 0.0374. The molecule has 0 bridgehead atoms. The van der Waals surface area contributed by atoms with Crippen LogP contribution in [0.25, 0.3) is 0 Å². The smallest absolute Gasteiger partial charge is 0.236 e. The van der Waals surface area contributed by atoms with Crippen LogP contribution in [0.15, 0.2) is 0 Å². The highest BCUT2D eigenvalue weighted by Gasteiger charge is 2.23. The largest absolute Gasteiger partial charge is 0.373 e. The average molecular weight is 225 g/mol. The quantitative estimate of drug-likeness (QED) is 0.738. The monoisotopic (exact) mass is 225 g/mol. The summed E-state index contributed by atoms with van der Waals surface area (Å²) in [6.45, 7) is 6.62. The Morgan fingerprint density at radius 2 is 2.44 bits per heavy atom. The van der Waals surface area contributed by atoms with Crippen LogP contribution in [0.3, 0.4) is 0 Å². The number of amides is 1. The Hall–Kier alpha value is -1.12. The van der Waals surface area contributed by atoms with Gasteiger partial charge in [-0.3, -0.25) is 4.79 Å². The van der Waals surface area contributed by atoms with E-state index < -0.39 is 0 Å². The highest BCUT2D eigenvalue weighted by Crippen LogP contribution is 2.06. The molecule has 0 aromatic heterocycles. The van der Waals surface area contributed by atoms with E-state index in [1.807, 2.05) is 6.07 Å². The Morgan fingerprint density at radius 3 is 3.06 bits per heavy atom. The molecular weight excluding hydrogens is 206 g/mol. The Balaban J connectivity index is 2.35. The van der Waals surface area contributed by atoms with Crippen molar-refractivity contribution in [3.05, 3.63) is 0 Å². The molecule has 5 nitrogen and oxygen atoms in total. The predicted molar refractivity (Wildman–Crippen MR) is 59.7 cm³/mol. The van der Waals surface area contributed by atoms with E-state index in [4.69, 9.17) is 10.00 Å². The molecule has 1 heterocycles. The number of ether oxygens (including phenoxy) is 1. The zero-order valence-electron chi connectivity index (χ0n) is 9.90. The van der Waals surface area contributed by atoms with Crippen molar-refractivity contribution in [3.8, 4) is 6.07 Å². The van der Waals surface area contributed by atoms with Gasteiger partial charge in [-0.15, -0.1) is 0 Å². The SMILES string of the molecule is CC(C)NCC1CN(C(=O)CC#N)CCO1. The molecule has 1 fully saturated rings. The van der Waals surface area contributed by atoms with Crippen LogP contribution in [0, 0.1) is 11.3 Å². The molecule has 0 saturated carbocycles. The molecule has 1 atom stereocenters. The second-order valence-corrected chi connectivity index (χ2v) is 4.23. The van der Waals surface area contributed by atoms with Crippen molar-refractivity contribution in [1.82, 2.24) is 10.2 Å². The van der Waals surface area contributed by atoms with Gasteiger partial charge in [0.1, 0.15) is 6.42 Å². The second-order valence-electron chi connectivity index (χ2n) is 4.23. The van der Waals surface area contributed by atoms with Crippen LogP contribution in [-0.2, 0) is 9.53 Å². The Bertz CT molecular complexity index is 273. The van der Waals surface area contributed by atoms with E-state index in [9.17, 15) is 4.79 Å². The van der Waals surface area contributed by atoms with Crippen LogP contribution in [0.5, 0.6) is 0 Å². The molecule has 90 valence electrons. The summed E-state index contributed by atoms with van der Waals surface area (Å²) >= 11 is 0. The van der Waals surface area contributed by atoms with Crippen molar-refractivity contribution in [3.63, 3.8) is 0 Å². The van der Waals surface area contributed by atoms with Gasteiger partial charge in [0.05, 0.1) is 18.8 Å². The standard InChI is InChI=1S/C11H19N3O2/c1-9(2)13-7-10-8-14(5-6-16-10)11(15)3-4-12/h9-10,13H,3,5-8H2,1-2H3. The molecule has 0 aromatic carbocycles. The number of hydrogen-bond acceptors (Lipinski definition) is 4. The molecule has 1 aliphatic heterocycles. The molecule has 16 heavy (non-hydrogen) atoms. The molecular formula is C11H19N3O2. The third-order valence-corrected chi connectivity index (χ3v) is 2.48. The molecule has 1 unspecified atom stereocenters. The Labute approximate surface area is 96.4 Å². The first-order valence-electron chi connectivity index (χ1n) is 5.63. The fraction of sp³-hybridized carbons (Fsp3) is 0.818. The summed E-state index contributed by atoms with van der Waals surface area (Å²) in [7, 11) is 0. The number of nitrogens with zero attached hydrogens (tertiary/aromatic N) is 2. The van der Waals surface area contributed by atoms with Crippen LogP contribution in [0.1, 0.15) is 20.3 Å². The number of rotatable bonds is 4. The first kappa shape index (κ1) is 12.9. The molecule has 0 aromatic rings. The number of carbonyl (C=O) groups is 1. The first-order valence-corrected chi connectivity index (χ1v) is 5.63. The lowest BCUT2D eigenvalue weighted by Gasteiger charge is -2.33. The molecule has 1 rings (SSSR count). The van der Waals surface area contributed by atoms with Crippen molar-refractivity contribution in [2.45, 2.75) is 32.4 Å². The predicted octanol–water partition coefficient (Wildman–Crippen LogP) is 0.125. The lowest BCUT2D eigenvalue weighted by molar-refractivity contribution is -0.137. The van der Waals surface area contributed by atoms with Gasteiger partial charge in [-0.2, -0.15) is 5.26 Å². The van der Waals surface area contributed by atoms with Crippen LogP contribution < -0.4 is 5.32 Å². The highest BCUT2D eigenvalue weighted by molar-refractivity contribution is 5.78. The number of morpholine rings is 1. The van der Waals surface area contributed by atoms with E-state index in [-0.39, 0.29) is 18.4 Å².